The van der Waals surface area contributed by atoms with Gasteiger partial charge >= 0.3 is 12.1 Å². The minimum absolute atomic E-state index is 0. The first-order valence-corrected chi connectivity index (χ1v) is 12.4. The van der Waals surface area contributed by atoms with Crippen LogP contribution in [0.4, 0.5) is 13.2 Å². The summed E-state index contributed by atoms with van der Waals surface area (Å²) in [4.78, 5) is 11.4. The Hall–Kier alpha value is -0.523. The molecule has 0 amide bonds. The minimum Gasteiger partial charge on any atom is -0.459 e. The molecule has 0 aliphatic carbocycles. The van der Waals surface area contributed by atoms with Gasteiger partial charge in [0.2, 0.25) is 0 Å². The van der Waals surface area contributed by atoms with Crippen molar-refractivity contribution in [3.8, 4) is 0 Å². The van der Waals surface area contributed by atoms with Gasteiger partial charge in [-0.2, -0.15) is 13.2 Å². The first kappa shape index (κ1) is 29.2. The average Bonchev–Trinajstić information content (AvgIpc) is 2.32. The Kier molecular flexibility index (Phi) is 12.4. The third-order valence-electron chi connectivity index (χ3n) is 3.84. The first-order valence-electron chi connectivity index (χ1n) is 8.69. The summed E-state index contributed by atoms with van der Waals surface area (Å²) in [6, 6.07) is 1.49. The zero-order chi connectivity index (χ0) is 20.0. The van der Waals surface area contributed by atoms with Gasteiger partial charge in [-0.1, -0.05) is 60.3 Å². The molecule has 0 aromatic carbocycles. The third-order valence-corrected chi connectivity index (χ3v) is 5.76. The van der Waals surface area contributed by atoms with E-state index in [0.717, 1.165) is 12.8 Å². The fourth-order valence-corrected chi connectivity index (χ4v) is 4.42. The van der Waals surface area contributed by atoms with Gasteiger partial charge in [0.1, 0.15) is 5.60 Å². The number of ether oxygens (including phenoxy) is 1. The molecule has 0 N–H and O–H groups in total. The molecule has 25 heavy (non-hydrogen) atoms. The van der Waals surface area contributed by atoms with Crippen molar-refractivity contribution >= 4 is 14.0 Å². The van der Waals surface area contributed by atoms with Crippen LogP contribution in [0.2, 0.25) is 25.7 Å². The van der Waals surface area contributed by atoms with Crippen LogP contribution < -0.4 is 0 Å². The van der Waals surface area contributed by atoms with Crippen LogP contribution in [0.5, 0.6) is 0 Å². The number of alkyl halides is 3. The topological polar surface area (TPSA) is 26.3 Å². The Morgan fingerprint density at radius 3 is 1.60 bits per heavy atom. The largest absolute Gasteiger partial charge is 0.459 e. The number of hydrogen-bond acceptors (Lipinski definition) is 2. The number of carbonyl (C=O) groups excluding carboxylic acids is 1. The van der Waals surface area contributed by atoms with Gasteiger partial charge in [-0.15, -0.1) is 0 Å². The summed E-state index contributed by atoms with van der Waals surface area (Å²) in [6.07, 6.45) is -3.56. The maximum Gasteiger partial charge on any atom is 0.404 e. The molecule has 0 aromatic rings. The molecule has 0 spiro atoms. The molecule has 2 unspecified atom stereocenters. The Morgan fingerprint density at radius 2 is 1.44 bits per heavy atom. The maximum absolute atomic E-state index is 12.6. The van der Waals surface area contributed by atoms with E-state index in [-0.39, 0.29) is 13.8 Å². The first-order chi connectivity index (χ1) is 10.4. The quantitative estimate of drug-likeness (QED) is 0.365. The van der Waals surface area contributed by atoms with Gasteiger partial charge in [0.25, 0.3) is 0 Å². The van der Waals surface area contributed by atoms with Gasteiger partial charge in [0.15, 0.2) is 5.41 Å². The van der Waals surface area contributed by atoms with Crippen LogP contribution in [-0.2, 0) is 9.53 Å². The zero-order valence-corrected chi connectivity index (χ0v) is 18.1. The zero-order valence-electron chi connectivity index (χ0n) is 17.1. The second-order valence-corrected chi connectivity index (χ2v) is 14.5. The van der Waals surface area contributed by atoms with Gasteiger partial charge in [0, 0.05) is 8.07 Å². The third kappa shape index (κ3) is 12.5. The number of carbonyl (C=O) groups is 1. The number of halogens is 3. The van der Waals surface area contributed by atoms with Crippen molar-refractivity contribution in [1.82, 2.24) is 0 Å². The van der Waals surface area contributed by atoms with E-state index in [9.17, 15) is 18.0 Å². The SMILES string of the molecule is C.CCC(C)(C(=O)OC(C)(C)C)C(F)(F)F.CCC(C)C[Si](C)(C)C. The van der Waals surface area contributed by atoms with E-state index in [0.29, 0.717) is 0 Å². The van der Waals surface area contributed by atoms with Crippen molar-refractivity contribution in [2.24, 2.45) is 11.3 Å². The molecule has 0 saturated carbocycles. The Morgan fingerprint density at radius 1 is 1.04 bits per heavy atom. The molecule has 0 bridgehead atoms. The highest BCUT2D eigenvalue weighted by molar-refractivity contribution is 6.76. The number of hydrogen-bond donors (Lipinski definition) is 0. The minimum atomic E-state index is -4.58. The lowest BCUT2D eigenvalue weighted by atomic mass is 9.86. The standard InChI is InChI=1S/C10H17F3O2.C8H20Si.CH4/c1-6-9(5,10(11,12)13)7(14)15-8(2,3)4;1-6-8(2)7-9(3,4)5;/h6H2,1-5H3;8H,6-7H2,1-5H3;1H4. The summed E-state index contributed by atoms with van der Waals surface area (Å²) < 4.78 is 42.6. The lowest BCUT2D eigenvalue weighted by Gasteiger charge is -2.32. The van der Waals surface area contributed by atoms with Crippen molar-refractivity contribution in [2.75, 3.05) is 0 Å². The lowest BCUT2D eigenvalue weighted by molar-refractivity contribution is -0.236. The Labute approximate surface area is 154 Å². The summed E-state index contributed by atoms with van der Waals surface area (Å²) in [5.74, 6) is -0.262. The second kappa shape index (κ2) is 10.6. The highest BCUT2D eigenvalue weighted by Crippen LogP contribution is 2.42. The van der Waals surface area contributed by atoms with Crippen LogP contribution in [0.3, 0.4) is 0 Å². The molecule has 0 rings (SSSR count). The summed E-state index contributed by atoms with van der Waals surface area (Å²) in [7, 11) is -0.741. The van der Waals surface area contributed by atoms with E-state index in [1.165, 1.54) is 40.2 Å². The highest BCUT2D eigenvalue weighted by atomic mass is 28.3. The fourth-order valence-electron chi connectivity index (χ4n) is 2.04. The molecular formula is C19H41F3O2Si. The normalized spacial score (nSPS) is 15.9. The van der Waals surface area contributed by atoms with Gasteiger partial charge in [0.05, 0.1) is 0 Å². The van der Waals surface area contributed by atoms with Crippen LogP contribution in [-0.4, -0.2) is 25.8 Å². The predicted molar refractivity (Wildman–Crippen MR) is 105 cm³/mol. The van der Waals surface area contributed by atoms with E-state index in [1.807, 2.05) is 0 Å². The monoisotopic (exact) mass is 386 g/mol. The van der Waals surface area contributed by atoms with Crippen LogP contribution in [0.25, 0.3) is 0 Å². The molecular weight excluding hydrogens is 345 g/mol. The van der Waals surface area contributed by atoms with Crippen molar-refractivity contribution in [3.05, 3.63) is 0 Å². The molecule has 154 valence electrons. The molecule has 2 nitrogen and oxygen atoms in total. The molecule has 0 fully saturated rings. The molecule has 0 radical (unpaired) electrons. The molecule has 0 aliphatic heterocycles. The summed E-state index contributed by atoms with van der Waals surface area (Å²) in [5.41, 5.74) is -3.32. The molecule has 2 atom stereocenters. The van der Waals surface area contributed by atoms with E-state index in [2.05, 4.69) is 33.5 Å². The van der Waals surface area contributed by atoms with Crippen LogP contribution >= 0.6 is 0 Å². The molecule has 0 heterocycles. The highest BCUT2D eigenvalue weighted by Gasteiger charge is 2.57. The van der Waals surface area contributed by atoms with Gasteiger partial charge in [-0.25, -0.2) is 0 Å². The summed E-state index contributed by atoms with van der Waals surface area (Å²) in [5, 5.41) is 0. The van der Waals surface area contributed by atoms with E-state index in [4.69, 9.17) is 4.74 Å². The molecule has 0 aromatic heterocycles. The van der Waals surface area contributed by atoms with Gasteiger partial charge in [-0.3, -0.25) is 4.79 Å². The molecule has 0 aliphatic rings. The van der Waals surface area contributed by atoms with Crippen molar-refractivity contribution < 1.29 is 22.7 Å². The molecule has 6 heteroatoms. The smallest absolute Gasteiger partial charge is 0.404 e. The Balaban J connectivity index is -0.000000418. The predicted octanol–water partition coefficient (Wildman–Crippen LogP) is 7.31. The van der Waals surface area contributed by atoms with Crippen LogP contribution in [0.1, 0.15) is 68.7 Å². The maximum atomic E-state index is 12.6. The second-order valence-electron chi connectivity index (χ2n) is 8.96. The number of rotatable bonds is 5. The fraction of sp³-hybridized carbons (Fsp3) is 0.947. The van der Waals surface area contributed by atoms with Crippen LogP contribution in [0, 0.1) is 11.3 Å². The van der Waals surface area contributed by atoms with Gasteiger partial charge < -0.3 is 4.74 Å². The van der Waals surface area contributed by atoms with E-state index >= 15 is 0 Å². The van der Waals surface area contributed by atoms with E-state index in [1.54, 1.807) is 0 Å². The van der Waals surface area contributed by atoms with E-state index < -0.39 is 31.2 Å². The Bertz CT molecular complexity index is 382. The molecule has 0 saturated heterocycles. The van der Waals surface area contributed by atoms with Crippen LogP contribution in [0.15, 0.2) is 0 Å². The van der Waals surface area contributed by atoms with Gasteiger partial charge in [-0.05, 0) is 40.0 Å². The lowest BCUT2D eigenvalue weighted by Crippen LogP contribution is -2.45. The number of esters is 1. The summed E-state index contributed by atoms with van der Waals surface area (Å²) >= 11 is 0. The summed E-state index contributed by atoms with van der Waals surface area (Å²) in [6.45, 7) is 18.8. The van der Waals surface area contributed by atoms with Crippen molar-refractivity contribution in [1.29, 1.82) is 0 Å². The average molecular weight is 387 g/mol. The van der Waals surface area contributed by atoms with Crippen molar-refractivity contribution in [2.45, 2.75) is 106 Å². The van der Waals surface area contributed by atoms with Crippen molar-refractivity contribution in [3.63, 3.8) is 0 Å².